The van der Waals surface area contributed by atoms with Crippen LogP contribution in [0, 0.1) is 5.82 Å². The van der Waals surface area contributed by atoms with Gasteiger partial charge >= 0.3 is 0 Å². The topological polar surface area (TPSA) is 134 Å². The summed E-state index contributed by atoms with van der Waals surface area (Å²) in [4.78, 5) is 24.4. The monoisotopic (exact) mass is 491 g/mol. The van der Waals surface area contributed by atoms with Crippen LogP contribution in [0.2, 0.25) is 5.02 Å². The number of pyridine rings is 2. The van der Waals surface area contributed by atoms with Crippen LogP contribution < -0.4 is 11.1 Å². The number of nitrogens with two attached hydrogens (primary N) is 1. The first kappa shape index (κ1) is 23.4. The summed E-state index contributed by atoms with van der Waals surface area (Å²) in [6.45, 7) is 4.82. The Bertz CT molecular complexity index is 1320. The average Bonchev–Trinajstić information content (AvgIpc) is 2.73. The van der Waals surface area contributed by atoms with Crippen molar-refractivity contribution < 1.29 is 18.3 Å². The van der Waals surface area contributed by atoms with E-state index in [0.717, 1.165) is 0 Å². The van der Waals surface area contributed by atoms with Gasteiger partial charge in [0.05, 0.1) is 10.8 Å². The molecule has 1 atom stereocenters. The first-order valence-corrected chi connectivity index (χ1v) is 12.0. The van der Waals surface area contributed by atoms with Crippen LogP contribution in [0.25, 0.3) is 10.9 Å². The first-order chi connectivity index (χ1) is 15.4. The molecule has 174 valence electrons. The lowest BCUT2D eigenvalue weighted by atomic mass is 9.92. The third-order valence-corrected chi connectivity index (χ3v) is 8.96. The number of carbonyl (C=O) groups excluding carboxylic acids is 1. The van der Waals surface area contributed by atoms with Crippen LogP contribution in [0.5, 0.6) is 0 Å². The van der Waals surface area contributed by atoms with Crippen molar-refractivity contribution in [1.82, 2.24) is 9.97 Å². The molecule has 3 heterocycles. The van der Waals surface area contributed by atoms with Gasteiger partial charge in [-0.1, -0.05) is 11.6 Å². The maximum atomic E-state index is 14.9. The Kier molecular flexibility index (Phi) is 5.60. The number of benzene rings is 1. The van der Waals surface area contributed by atoms with E-state index in [1.807, 2.05) is 0 Å². The molecule has 0 spiro atoms. The molecule has 3 aromatic rings. The third-order valence-electron chi connectivity index (χ3n) is 5.94. The van der Waals surface area contributed by atoms with Crippen molar-refractivity contribution in [3.8, 4) is 0 Å². The molecule has 4 rings (SSSR count). The van der Waals surface area contributed by atoms with Crippen LogP contribution in [-0.2, 0) is 5.54 Å². The number of nitrogens with zero attached hydrogens (tertiary/aromatic N) is 3. The lowest BCUT2D eigenvalue weighted by molar-refractivity contribution is 0.112. The molecule has 1 aromatic carbocycles. The molecule has 5 N–H and O–H groups in total. The summed E-state index contributed by atoms with van der Waals surface area (Å²) >= 11 is 6.03. The van der Waals surface area contributed by atoms with E-state index in [2.05, 4.69) is 20.3 Å². The van der Waals surface area contributed by atoms with E-state index in [9.17, 15) is 18.3 Å². The van der Waals surface area contributed by atoms with E-state index in [1.165, 1.54) is 30.6 Å². The van der Waals surface area contributed by atoms with Crippen molar-refractivity contribution in [1.29, 1.82) is 0 Å². The molecular weight excluding hydrogens is 469 g/mol. The number of aliphatic imine (C=N–C) groups is 1. The Morgan fingerprint density at radius 2 is 1.94 bits per heavy atom. The Hall–Kier alpha value is -2.79. The zero-order chi connectivity index (χ0) is 24.2. The van der Waals surface area contributed by atoms with E-state index in [-0.39, 0.29) is 17.2 Å². The summed E-state index contributed by atoms with van der Waals surface area (Å²) in [5.74, 6) is -0.351. The van der Waals surface area contributed by atoms with Gasteiger partial charge in [0.25, 0.3) is 0 Å². The fourth-order valence-corrected chi connectivity index (χ4v) is 5.66. The van der Waals surface area contributed by atoms with Crippen LogP contribution >= 0.6 is 22.2 Å². The van der Waals surface area contributed by atoms with Crippen molar-refractivity contribution in [2.45, 2.75) is 31.1 Å². The Morgan fingerprint density at radius 3 is 2.61 bits per heavy atom. The summed E-state index contributed by atoms with van der Waals surface area (Å²) in [6, 6.07) is 5.91. The van der Waals surface area contributed by atoms with Crippen molar-refractivity contribution >= 4 is 56.7 Å². The number of carbonyl (C=O) groups is 1. The fourth-order valence-electron chi connectivity index (χ4n) is 3.76. The predicted octanol–water partition coefficient (Wildman–Crippen LogP) is 5.09. The number of aromatic nitrogens is 2. The van der Waals surface area contributed by atoms with Crippen molar-refractivity contribution in [3.63, 3.8) is 0 Å². The number of amidine groups is 1. The zero-order valence-electron chi connectivity index (χ0n) is 18.1. The molecule has 0 fully saturated rings. The molecule has 11 heteroatoms. The summed E-state index contributed by atoms with van der Waals surface area (Å²) < 4.78 is 35.3. The van der Waals surface area contributed by atoms with Crippen molar-refractivity contribution in [2.75, 3.05) is 11.1 Å². The standard InChI is InChI=1S/C22H23ClFN5O3S/c1-21(2)20(25)29-22(3,11-33(21,31)32)16-7-14(4-5-17(16)24)28-19-18-15(6-13(23)9-26-18)12(10-30)8-27-19/h4-10,31-32H,11H2,1-3H3,(H2,25,29)(H,27,28). The van der Waals surface area contributed by atoms with Crippen LogP contribution in [0.3, 0.4) is 0 Å². The number of hydrogen-bond donors (Lipinski definition) is 4. The molecule has 0 radical (unpaired) electrons. The molecule has 0 amide bonds. The molecule has 0 aliphatic carbocycles. The zero-order valence-corrected chi connectivity index (χ0v) is 19.7. The third kappa shape index (κ3) is 3.93. The number of anilines is 2. The lowest BCUT2D eigenvalue weighted by Crippen LogP contribution is -2.52. The van der Waals surface area contributed by atoms with Crippen LogP contribution in [0.4, 0.5) is 15.9 Å². The number of nitrogens with one attached hydrogen (secondary N) is 1. The van der Waals surface area contributed by atoms with Gasteiger partial charge in [0, 0.05) is 34.6 Å². The molecule has 33 heavy (non-hydrogen) atoms. The SMILES string of the molecule is CC1(c2cc(Nc3ncc(C=O)c4cc(Cl)cnc34)ccc2F)CS(O)(O)C(C)(C)C(N)=N1. The van der Waals surface area contributed by atoms with E-state index in [1.54, 1.807) is 26.8 Å². The highest BCUT2D eigenvalue weighted by atomic mass is 35.5. The number of fused-ring (bicyclic) bond motifs is 1. The summed E-state index contributed by atoms with van der Waals surface area (Å²) in [5, 5.41) is 3.98. The molecule has 2 aromatic heterocycles. The van der Waals surface area contributed by atoms with Gasteiger partial charge in [0.2, 0.25) is 0 Å². The van der Waals surface area contributed by atoms with Gasteiger partial charge in [-0.05, 0) is 45.0 Å². The second-order valence-corrected chi connectivity index (χ2v) is 11.7. The highest BCUT2D eigenvalue weighted by Crippen LogP contribution is 2.59. The number of halogens is 2. The number of aldehydes is 1. The minimum atomic E-state index is -3.21. The highest BCUT2D eigenvalue weighted by molar-refractivity contribution is 8.26. The molecule has 0 bridgehead atoms. The van der Waals surface area contributed by atoms with E-state index in [0.29, 0.717) is 39.3 Å². The fraction of sp³-hybridized carbons (Fsp3) is 0.273. The Balaban J connectivity index is 1.79. The molecule has 0 saturated carbocycles. The van der Waals surface area contributed by atoms with Gasteiger partial charge < -0.3 is 11.1 Å². The van der Waals surface area contributed by atoms with E-state index in [4.69, 9.17) is 17.3 Å². The van der Waals surface area contributed by atoms with Gasteiger partial charge in [-0.3, -0.25) is 23.9 Å². The number of rotatable bonds is 4. The summed E-state index contributed by atoms with van der Waals surface area (Å²) in [5.41, 5.74) is 6.14. The Labute approximate surface area is 196 Å². The van der Waals surface area contributed by atoms with Crippen LogP contribution in [0.1, 0.15) is 36.7 Å². The largest absolute Gasteiger partial charge is 0.386 e. The lowest BCUT2D eigenvalue weighted by Gasteiger charge is -2.53. The second kappa shape index (κ2) is 7.91. The maximum absolute atomic E-state index is 14.9. The van der Waals surface area contributed by atoms with E-state index < -0.39 is 26.7 Å². The number of hydrogen-bond acceptors (Lipinski definition) is 8. The predicted molar refractivity (Wildman–Crippen MR) is 130 cm³/mol. The van der Waals surface area contributed by atoms with Gasteiger partial charge in [-0.25, -0.2) is 9.37 Å². The quantitative estimate of drug-likeness (QED) is 0.373. The van der Waals surface area contributed by atoms with Crippen molar-refractivity contribution in [2.24, 2.45) is 10.7 Å². The van der Waals surface area contributed by atoms with Gasteiger partial charge in [0.1, 0.15) is 27.5 Å². The van der Waals surface area contributed by atoms with E-state index >= 15 is 0 Å². The molecule has 1 unspecified atom stereocenters. The minimum absolute atomic E-state index is 0.0483. The smallest absolute Gasteiger partial charge is 0.156 e. The molecule has 1 aliphatic heterocycles. The Morgan fingerprint density at radius 1 is 1.21 bits per heavy atom. The van der Waals surface area contributed by atoms with Crippen molar-refractivity contribution in [3.05, 3.63) is 58.6 Å². The average molecular weight is 492 g/mol. The van der Waals surface area contributed by atoms with Gasteiger partial charge in [-0.15, -0.1) is 0 Å². The summed E-state index contributed by atoms with van der Waals surface area (Å²) in [6.07, 6.45) is 3.50. The van der Waals surface area contributed by atoms with Gasteiger partial charge in [0.15, 0.2) is 12.1 Å². The van der Waals surface area contributed by atoms with Gasteiger partial charge in [-0.2, -0.15) is 10.6 Å². The minimum Gasteiger partial charge on any atom is -0.386 e. The highest BCUT2D eigenvalue weighted by Gasteiger charge is 2.49. The van der Waals surface area contributed by atoms with Crippen LogP contribution in [0.15, 0.2) is 41.7 Å². The second-order valence-electron chi connectivity index (χ2n) is 8.64. The first-order valence-electron chi connectivity index (χ1n) is 9.96. The molecule has 8 nitrogen and oxygen atoms in total. The molecular formula is C22H23ClFN5O3S. The van der Waals surface area contributed by atoms with Crippen LogP contribution in [-0.4, -0.2) is 41.7 Å². The normalized spacial score (nSPS) is 22.5. The molecule has 1 aliphatic rings. The molecule has 0 saturated heterocycles. The maximum Gasteiger partial charge on any atom is 0.156 e. The summed E-state index contributed by atoms with van der Waals surface area (Å²) in [7, 11) is -3.21.